The van der Waals surface area contributed by atoms with Crippen molar-refractivity contribution in [1.82, 2.24) is 5.32 Å². The number of hydrogen-bond donors (Lipinski definition) is 2. The van der Waals surface area contributed by atoms with Crippen molar-refractivity contribution in [3.05, 3.63) is 65.2 Å². The first-order valence-corrected chi connectivity index (χ1v) is 8.01. The van der Waals surface area contributed by atoms with Gasteiger partial charge >= 0.3 is 12.6 Å². The molecule has 0 radical (unpaired) electrons. The van der Waals surface area contributed by atoms with Crippen LogP contribution in [0.25, 0.3) is 0 Å². The normalized spacial score (nSPS) is 11.8. The Morgan fingerprint density at radius 3 is 2.46 bits per heavy atom. The number of ether oxygens (including phenoxy) is 1. The van der Waals surface area contributed by atoms with E-state index in [1.54, 1.807) is 31.2 Å². The Bertz CT molecular complexity index is 762. The van der Waals surface area contributed by atoms with Crippen molar-refractivity contribution in [3.63, 3.8) is 0 Å². The molecule has 1 unspecified atom stereocenters. The number of nitrogens with one attached hydrogen (secondary N) is 1. The lowest BCUT2D eigenvalue weighted by atomic mass is 10.1. The predicted octanol–water partition coefficient (Wildman–Crippen LogP) is 3.80. The molecule has 2 N–H and O–H groups in total. The number of benzene rings is 2. The Morgan fingerprint density at radius 1 is 1.15 bits per heavy atom. The summed E-state index contributed by atoms with van der Waals surface area (Å²) in [6.45, 7) is -1.15. The first kappa shape index (κ1) is 19.4. The van der Waals surface area contributed by atoms with E-state index in [9.17, 15) is 18.4 Å². The molecule has 0 bridgehead atoms. The van der Waals surface area contributed by atoms with E-state index in [1.807, 2.05) is 0 Å². The number of hydrogen-bond acceptors (Lipinski definition) is 3. The van der Waals surface area contributed by atoms with Gasteiger partial charge in [-0.25, -0.2) is 4.79 Å². The van der Waals surface area contributed by atoms with E-state index in [-0.39, 0.29) is 29.7 Å². The van der Waals surface area contributed by atoms with Gasteiger partial charge in [-0.05, 0) is 48.7 Å². The van der Waals surface area contributed by atoms with E-state index < -0.39 is 12.6 Å². The molecule has 0 aliphatic rings. The summed E-state index contributed by atoms with van der Waals surface area (Å²) in [5.41, 5.74) is 1.70. The molecule has 1 atom stereocenters. The number of carboxylic acids is 1. The number of halogens is 2. The Kier molecular flexibility index (Phi) is 6.66. The smallest absolute Gasteiger partial charge is 0.387 e. The largest absolute Gasteiger partial charge is 0.478 e. The summed E-state index contributed by atoms with van der Waals surface area (Å²) in [6, 6.07) is 12.1. The molecule has 0 saturated carbocycles. The van der Waals surface area contributed by atoms with E-state index in [4.69, 9.17) is 5.11 Å². The highest BCUT2D eigenvalue weighted by molar-refractivity contribution is 5.87. The minimum absolute atomic E-state index is 0.0390. The van der Waals surface area contributed by atoms with Gasteiger partial charge < -0.3 is 15.2 Å². The Morgan fingerprint density at radius 2 is 1.85 bits per heavy atom. The average molecular weight is 363 g/mol. The second-order valence-electron chi connectivity index (χ2n) is 5.74. The summed E-state index contributed by atoms with van der Waals surface area (Å²) in [5.74, 6) is -1.15. The van der Waals surface area contributed by atoms with Crippen LogP contribution in [0.5, 0.6) is 5.75 Å². The lowest BCUT2D eigenvalue weighted by Crippen LogP contribution is -2.26. The van der Waals surface area contributed by atoms with Crippen LogP contribution >= 0.6 is 0 Å². The maximum Gasteiger partial charge on any atom is 0.387 e. The second-order valence-corrected chi connectivity index (χ2v) is 5.74. The maximum absolute atomic E-state index is 12.3. The number of alkyl halides is 2. The number of carbonyl (C=O) groups is 2. The molecule has 138 valence electrons. The van der Waals surface area contributed by atoms with Crippen molar-refractivity contribution in [2.24, 2.45) is 0 Å². The molecule has 7 heteroatoms. The van der Waals surface area contributed by atoms with E-state index in [1.165, 1.54) is 24.3 Å². The Labute approximate surface area is 149 Å². The van der Waals surface area contributed by atoms with E-state index in [0.717, 1.165) is 5.56 Å². The van der Waals surface area contributed by atoms with Gasteiger partial charge in [0.25, 0.3) is 0 Å². The highest BCUT2D eigenvalue weighted by Gasteiger charge is 2.12. The Hall–Kier alpha value is -2.96. The third kappa shape index (κ3) is 5.84. The first-order valence-electron chi connectivity index (χ1n) is 8.01. The third-order valence-electron chi connectivity index (χ3n) is 3.80. The van der Waals surface area contributed by atoms with E-state index in [2.05, 4.69) is 10.1 Å². The van der Waals surface area contributed by atoms with Crippen LogP contribution in [-0.2, 0) is 11.2 Å². The fourth-order valence-corrected chi connectivity index (χ4v) is 2.43. The van der Waals surface area contributed by atoms with Crippen molar-refractivity contribution in [3.8, 4) is 5.75 Å². The molecular formula is C19H19F2NO4. The average Bonchev–Trinajstić information content (AvgIpc) is 2.60. The van der Waals surface area contributed by atoms with Gasteiger partial charge in [0.05, 0.1) is 11.6 Å². The monoisotopic (exact) mass is 363 g/mol. The third-order valence-corrected chi connectivity index (χ3v) is 3.80. The van der Waals surface area contributed by atoms with Gasteiger partial charge in [0.2, 0.25) is 5.91 Å². The fraction of sp³-hybridized carbons (Fsp3) is 0.263. The van der Waals surface area contributed by atoms with E-state index >= 15 is 0 Å². The first-order chi connectivity index (χ1) is 12.3. The highest BCUT2D eigenvalue weighted by Crippen LogP contribution is 2.20. The van der Waals surface area contributed by atoms with Gasteiger partial charge in [0.15, 0.2) is 0 Å². The predicted molar refractivity (Wildman–Crippen MR) is 91.4 cm³/mol. The van der Waals surface area contributed by atoms with Crippen LogP contribution in [0.1, 0.15) is 40.9 Å². The number of aromatic carboxylic acids is 1. The van der Waals surface area contributed by atoms with Crippen molar-refractivity contribution in [1.29, 1.82) is 0 Å². The van der Waals surface area contributed by atoms with Crippen LogP contribution in [-0.4, -0.2) is 23.6 Å². The van der Waals surface area contributed by atoms with Gasteiger partial charge in [-0.3, -0.25) is 4.79 Å². The van der Waals surface area contributed by atoms with Crippen LogP contribution < -0.4 is 10.1 Å². The van der Waals surface area contributed by atoms with Crippen LogP contribution in [0.15, 0.2) is 48.5 Å². The van der Waals surface area contributed by atoms with Crippen LogP contribution in [0.2, 0.25) is 0 Å². The van der Waals surface area contributed by atoms with Crippen molar-refractivity contribution >= 4 is 11.9 Å². The summed E-state index contributed by atoms with van der Waals surface area (Å²) >= 11 is 0. The van der Waals surface area contributed by atoms with Gasteiger partial charge in [-0.2, -0.15) is 8.78 Å². The summed E-state index contributed by atoms with van der Waals surface area (Å²) in [4.78, 5) is 22.9. The summed E-state index contributed by atoms with van der Waals surface area (Å²) < 4.78 is 28.9. The topological polar surface area (TPSA) is 75.6 Å². The molecule has 0 spiro atoms. The van der Waals surface area contributed by atoms with Crippen LogP contribution in [0.4, 0.5) is 8.78 Å². The summed E-state index contributed by atoms with van der Waals surface area (Å²) in [6.07, 6.45) is 0.691. The highest BCUT2D eigenvalue weighted by atomic mass is 19.3. The molecule has 0 fully saturated rings. The molecule has 0 aliphatic carbocycles. The molecule has 2 aromatic carbocycles. The Balaban J connectivity index is 1.87. The molecule has 2 aromatic rings. The van der Waals surface area contributed by atoms with E-state index in [0.29, 0.717) is 12.0 Å². The molecule has 0 aliphatic heterocycles. The zero-order chi connectivity index (χ0) is 19.1. The molecule has 5 nitrogen and oxygen atoms in total. The molecule has 1 amide bonds. The molecule has 2 rings (SSSR count). The minimum atomic E-state index is -2.90. The lowest BCUT2D eigenvalue weighted by Gasteiger charge is -2.15. The van der Waals surface area contributed by atoms with Crippen molar-refractivity contribution in [2.75, 3.05) is 0 Å². The molecule has 0 aromatic heterocycles. The molecule has 0 saturated heterocycles. The lowest BCUT2D eigenvalue weighted by molar-refractivity contribution is -0.121. The number of rotatable bonds is 8. The summed E-state index contributed by atoms with van der Waals surface area (Å²) in [5, 5.41) is 11.7. The maximum atomic E-state index is 12.3. The second kappa shape index (κ2) is 8.94. The minimum Gasteiger partial charge on any atom is -0.478 e. The number of carboxylic acid groups (broad SMARTS) is 1. The van der Waals surface area contributed by atoms with Crippen LogP contribution in [0.3, 0.4) is 0 Å². The molecule has 26 heavy (non-hydrogen) atoms. The molecular weight excluding hydrogens is 344 g/mol. The number of aryl methyl sites for hydroxylation is 1. The fourth-order valence-electron chi connectivity index (χ4n) is 2.43. The quantitative estimate of drug-likeness (QED) is 0.748. The van der Waals surface area contributed by atoms with Gasteiger partial charge in [0.1, 0.15) is 5.75 Å². The SMILES string of the molecule is CC(NC(=O)CCc1ccc(C(=O)O)cc1)c1cccc(OC(F)F)c1. The number of amides is 1. The van der Waals surface area contributed by atoms with Crippen molar-refractivity contribution < 1.29 is 28.2 Å². The van der Waals surface area contributed by atoms with Crippen LogP contribution in [0, 0.1) is 0 Å². The summed E-state index contributed by atoms with van der Waals surface area (Å²) in [7, 11) is 0. The van der Waals surface area contributed by atoms with Gasteiger partial charge in [-0.1, -0.05) is 24.3 Å². The van der Waals surface area contributed by atoms with Gasteiger partial charge in [-0.15, -0.1) is 0 Å². The zero-order valence-electron chi connectivity index (χ0n) is 14.1. The number of carbonyl (C=O) groups excluding carboxylic acids is 1. The van der Waals surface area contributed by atoms with Crippen molar-refractivity contribution in [2.45, 2.75) is 32.4 Å². The molecule has 0 heterocycles. The zero-order valence-corrected chi connectivity index (χ0v) is 14.1. The standard InChI is InChI=1S/C19H19F2NO4/c1-12(15-3-2-4-16(11-15)26-19(20)21)22-17(23)10-7-13-5-8-14(9-6-13)18(24)25/h2-6,8-9,11-12,19H,7,10H2,1H3,(H,22,23)(H,24,25). The van der Waals surface area contributed by atoms with Gasteiger partial charge in [0, 0.05) is 6.42 Å².